The van der Waals surface area contributed by atoms with Crippen molar-refractivity contribution in [3.8, 4) is 0 Å². The molecule has 1 heterocycles. The third-order valence-electron chi connectivity index (χ3n) is 4.95. The van der Waals surface area contributed by atoms with Crippen LogP contribution in [0, 0.1) is 11.6 Å². The summed E-state index contributed by atoms with van der Waals surface area (Å²) in [5, 5.41) is -0.303. The number of hydrogen-bond acceptors (Lipinski definition) is 3. The minimum absolute atomic E-state index is 0.265. The number of hydrogen-bond donors (Lipinski definition) is 0. The van der Waals surface area contributed by atoms with E-state index < -0.39 is 21.5 Å². The molecule has 2 rings (SSSR count). The summed E-state index contributed by atoms with van der Waals surface area (Å²) >= 11 is 0. The molecule has 0 aliphatic carbocycles. The molecule has 0 aliphatic heterocycles. The number of nitrogens with zero attached hydrogens (tertiary/aromatic N) is 1. The molecule has 0 atom stereocenters. The van der Waals surface area contributed by atoms with Gasteiger partial charge < -0.3 is 0 Å². The Labute approximate surface area is 167 Å². The fourth-order valence-electron chi connectivity index (χ4n) is 3.09. The average Bonchev–Trinajstić information content (AvgIpc) is 2.64. The number of aromatic nitrogens is 1. The fraction of sp³-hybridized carbons (Fsp3) is 0.500. The third kappa shape index (κ3) is 6.97. The van der Waals surface area contributed by atoms with E-state index in [0.29, 0.717) is 18.4 Å². The first-order valence-electron chi connectivity index (χ1n) is 9.88. The van der Waals surface area contributed by atoms with E-state index >= 15 is 0 Å². The van der Waals surface area contributed by atoms with E-state index in [1.807, 2.05) is 12.1 Å². The van der Waals surface area contributed by atoms with E-state index in [1.54, 1.807) is 20.0 Å². The van der Waals surface area contributed by atoms with Gasteiger partial charge in [0, 0.05) is 24.4 Å². The third-order valence-corrected chi connectivity index (χ3v) is 7.24. The number of sulfone groups is 1. The van der Waals surface area contributed by atoms with Crippen LogP contribution in [0.5, 0.6) is 0 Å². The number of unbranched alkanes of at least 4 members (excludes halogenated alkanes) is 4. The minimum atomic E-state index is -2.94. The van der Waals surface area contributed by atoms with E-state index in [0.717, 1.165) is 49.4 Å². The minimum Gasteiger partial charge on any atom is -0.261 e. The normalized spacial score (nSPS) is 11.9. The van der Waals surface area contributed by atoms with Gasteiger partial charge in [-0.3, -0.25) is 4.98 Å². The van der Waals surface area contributed by atoms with Crippen LogP contribution >= 0.6 is 0 Å². The quantitative estimate of drug-likeness (QED) is 0.475. The second-order valence-corrected chi connectivity index (χ2v) is 10.1. The Morgan fingerprint density at radius 1 is 0.964 bits per heavy atom. The van der Waals surface area contributed by atoms with Gasteiger partial charge in [0.05, 0.1) is 11.0 Å². The van der Waals surface area contributed by atoms with E-state index in [9.17, 15) is 17.2 Å². The zero-order chi connectivity index (χ0) is 20.6. The van der Waals surface area contributed by atoms with Crippen LogP contribution in [0.1, 0.15) is 62.8 Å². The number of halogens is 2. The van der Waals surface area contributed by atoms with Crippen LogP contribution in [-0.2, 0) is 22.7 Å². The predicted molar refractivity (Wildman–Crippen MR) is 109 cm³/mol. The SMILES string of the molecule is CC(C)S(=O)(=O)CCCCCCCc1cccnc1Cc1ccc(F)cc1F. The van der Waals surface area contributed by atoms with Crippen LogP contribution in [0.2, 0.25) is 0 Å². The lowest BCUT2D eigenvalue weighted by Crippen LogP contribution is -2.17. The van der Waals surface area contributed by atoms with Crippen LogP contribution in [0.25, 0.3) is 0 Å². The maximum absolute atomic E-state index is 13.9. The summed E-state index contributed by atoms with van der Waals surface area (Å²) in [5.41, 5.74) is 2.33. The zero-order valence-electron chi connectivity index (χ0n) is 16.6. The molecule has 1 aromatic carbocycles. The second kappa shape index (κ2) is 10.6. The zero-order valence-corrected chi connectivity index (χ0v) is 17.4. The van der Waals surface area contributed by atoms with E-state index in [4.69, 9.17) is 0 Å². The molecule has 0 fully saturated rings. The van der Waals surface area contributed by atoms with Crippen molar-refractivity contribution >= 4 is 9.84 Å². The van der Waals surface area contributed by atoms with Gasteiger partial charge >= 0.3 is 0 Å². The Hall–Kier alpha value is -1.82. The molecule has 28 heavy (non-hydrogen) atoms. The molecule has 0 bridgehead atoms. The van der Waals surface area contributed by atoms with Gasteiger partial charge in [-0.25, -0.2) is 17.2 Å². The molecule has 0 N–H and O–H groups in total. The first-order chi connectivity index (χ1) is 13.3. The monoisotopic (exact) mass is 409 g/mol. The molecule has 0 aliphatic rings. The van der Waals surface area contributed by atoms with Crippen molar-refractivity contribution < 1.29 is 17.2 Å². The van der Waals surface area contributed by atoms with Crippen LogP contribution in [0.3, 0.4) is 0 Å². The number of pyridine rings is 1. The van der Waals surface area contributed by atoms with Crippen molar-refractivity contribution in [3.63, 3.8) is 0 Å². The van der Waals surface area contributed by atoms with Gasteiger partial charge in [0.25, 0.3) is 0 Å². The highest BCUT2D eigenvalue weighted by molar-refractivity contribution is 7.91. The van der Waals surface area contributed by atoms with Gasteiger partial charge in [0.15, 0.2) is 9.84 Å². The van der Waals surface area contributed by atoms with Gasteiger partial charge in [0.1, 0.15) is 11.6 Å². The van der Waals surface area contributed by atoms with E-state index in [1.165, 1.54) is 12.1 Å². The molecule has 3 nitrogen and oxygen atoms in total. The lowest BCUT2D eigenvalue weighted by Gasteiger charge is -2.10. The first kappa shape index (κ1) is 22.5. The highest BCUT2D eigenvalue weighted by atomic mass is 32.2. The summed E-state index contributed by atoms with van der Waals surface area (Å²) in [7, 11) is -2.94. The topological polar surface area (TPSA) is 47.0 Å². The summed E-state index contributed by atoms with van der Waals surface area (Å²) in [6.07, 6.45) is 7.48. The van der Waals surface area contributed by atoms with Gasteiger partial charge in [-0.1, -0.05) is 31.4 Å². The number of aryl methyl sites for hydroxylation is 1. The lowest BCUT2D eigenvalue weighted by molar-refractivity contribution is 0.573. The average molecular weight is 410 g/mol. The van der Waals surface area contributed by atoms with Gasteiger partial charge in [-0.05, 0) is 56.4 Å². The maximum atomic E-state index is 13.9. The molecular formula is C22H29F2NO2S. The highest BCUT2D eigenvalue weighted by Crippen LogP contribution is 2.18. The number of rotatable bonds is 11. The summed E-state index contributed by atoms with van der Waals surface area (Å²) in [5.74, 6) is -0.864. The summed E-state index contributed by atoms with van der Waals surface area (Å²) < 4.78 is 50.6. The van der Waals surface area contributed by atoms with Crippen LogP contribution in [0.4, 0.5) is 8.78 Å². The van der Waals surface area contributed by atoms with Crippen LogP contribution in [0.15, 0.2) is 36.5 Å². The highest BCUT2D eigenvalue weighted by Gasteiger charge is 2.15. The van der Waals surface area contributed by atoms with E-state index in [2.05, 4.69) is 4.98 Å². The molecule has 2 aromatic rings. The predicted octanol–water partition coefficient (Wildman–Crippen LogP) is 5.27. The molecule has 154 valence electrons. The Kier molecular flexibility index (Phi) is 8.55. The molecule has 0 amide bonds. The molecule has 1 aromatic heterocycles. The summed E-state index contributed by atoms with van der Waals surface area (Å²) in [6, 6.07) is 7.50. The second-order valence-electron chi connectivity index (χ2n) is 7.46. The lowest BCUT2D eigenvalue weighted by atomic mass is 10.00. The van der Waals surface area contributed by atoms with Crippen molar-refractivity contribution in [2.24, 2.45) is 0 Å². The van der Waals surface area contributed by atoms with Gasteiger partial charge in [0.2, 0.25) is 0 Å². The van der Waals surface area contributed by atoms with Crippen LogP contribution < -0.4 is 0 Å². The molecule has 0 saturated carbocycles. The molecule has 0 saturated heterocycles. The smallest absolute Gasteiger partial charge is 0.152 e. The fourth-order valence-corrected chi connectivity index (χ4v) is 4.17. The van der Waals surface area contributed by atoms with Gasteiger partial charge in [-0.2, -0.15) is 0 Å². The van der Waals surface area contributed by atoms with E-state index in [-0.39, 0.29) is 11.0 Å². The van der Waals surface area contributed by atoms with Crippen molar-refractivity contribution in [1.82, 2.24) is 4.98 Å². The molecular weight excluding hydrogens is 380 g/mol. The molecule has 0 spiro atoms. The Morgan fingerprint density at radius 2 is 1.68 bits per heavy atom. The molecule has 0 radical (unpaired) electrons. The van der Waals surface area contributed by atoms with Crippen LogP contribution in [-0.4, -0.2) is 24.4 Å². The maximum Gasteiger partial charge on any atom is 0.152 e. The standard InChI is InChI=1S/C22H29F2NO2S/c1-17(2)28(26,27)14-7-5-3-4-6-9-18-10-8-13-25-22(18)15-19-11-12-20(23)16-21(19)24/h8,10-13,16-17H,3-7,9,14-15H2,1-2H3. The molecule has 0 unspecified atom stereocenters. The Bertz CT molecular complexity index is 867. The summed E-state index contributed by atoms with van der Waals surface area (Å²) in [4.78, 5) is 4.38. The Balaban J connectivity index is 1.79. The van der Waals surface area contributed by atoms with Crippen molar-refractivity contribution in [3.05, 3.63) is 65.0 Å². The molecule has 6 heteroatoms. The number of benzene rings is 1. The van der Waals surface area contributed by atoms with Gasteiger partial charge in [-0.15, -0.1) is 0 Å². The first-order valence-corrected chi connectivity index (χ1v) is 11.6. The van der Waals surface area contributed by atoms with Crippen molar-refractivity contribution in [2.45, 2.75) is 64.0 Å². The summed E-state index contributed by atoms with van der Waals surface area (Å²) in [6.45, 7) is 3.44. The van der Waals surface area contributed by atoms with Crippen molar-refractivity contribution in [1.29, 1.82) is 0 Å². The van der Waals surface area contributed by atoms with Crippen molar-refractivity contribution in [2.75, 3.05) is 5.75 Å². The Morgan fingerprint density at radius 3 is 2.39 bits per heavy atom. The largest absolute Gasteiger partial charge is 0.261 e.